The summed E-state index contributed by atoms with van der Waals surface area (Å²) in [5, 5.41) is 14.1. The maximum absolute atomic E-state index is 12.7. The van der Waals surface area contributed by atoms with Crippen LogP contribution in [0.25, 0.3) is 0 Å². The van der Waals surface area contributed by atoms with Crippen molar-refractivity contribution < 1.29 is 9.59 Å². The molecular weight excluding hydrogens is 481 g/mol. The van der Waals surface area contributed by atoms with Gasteiger partial charge in [0, 0.05) is 5.02 Å². The molecule has 10 heteroatoms. The average molecular weight is 506 g/mol. The lowest BCUT2D eigenvalue weighted by Gasteiger charge is -2.20. The highest BCUT2D eigenvalue weighted by Gasteiger charge is 2.24. The van der Waals surface area contributed by atoms with Crippen molar-refractivity contribution in [1.82, 2.24) is 25.8 Å². The molecule has 7 nitrogen and oxygen atoms in total. The fraction of sp³-hybridized carbons (Fsp3) is 0.304. The highest BCUT2D eigenvalue weighted by atomic mass is 35.5. The number of nitrogens with zero attached hydrogens (tertiary/aromatic N) is 2. The van der Waals surface area contributed by atoms with Gasteiger partial charge in [-0.15, -0.1) is 5.10 Å². The third-order valence-electron chi connectivity index (χ3n) is 4.92. The molecule has 3 rings (SSSR count). The standard InChI is InChI=1S/C23H25Cl2N5O2S/c1-13(2)20(27-22(32)17-10-9-16(24)11-18(17)25)21-28-23(30-29-21)33-12-19(31)26-14(3)15-7-5-4-6-8-15/h4-11,13-14,20H,12H2,1-3H3,(H,26,31)(H,27,32)(H,28,29,30)/t14-,20-/m0/s1. The minimum absolute atomic E-state index is 0.0286. The highest BCUT2D eigenvalue weighted by molar-refractivity contribution is 7.99. The molecule has 174 valence electrons. The van der Waals surface area contributed by atoms with Crippen LogP contribution in [0.1, 0.15) is 54.6 Å². The molecular formula is C23H25Cl2N5O2S. The average Bonchev–Trinajstić information content (AvgIpc) is 3.25. The minimum Gasteiger partial charge on any atom is -0.349 e. The van der Waals surface area contributed by atoms with Crippen LogP contribution in [0.5, 0.6) is 0 Å². The molecule has 0 radical (unpaired) electrons. The Morgan fingerprint density at radius 2 is 1.79 bits per heavy atom. The third kappa shape index (κ3) is 6.96. The van der Waals surface area contributed by atoms with E-state index in [1.165, 1.54) is 17.8 Å². The molecule has 0 bridgehead atoms. The number of benzene rings is 2. The predicted molar refractivity (Wildman–Crippen MR) is 132 cm³/mol. The summed E-state index contributed by atoms with van der Waals surface area (Å²) in [6.45, 7) is 5.86. The Hall–Kier alpha value is -2.55. The summed E-state index contributed by atoms with van der Waals surface area (Å²) < 4.78 is 0. The van der Waals surface area contributed by atoms with Crippen molar-refractivity contribution in [2.75, 3.05) is 5.75 Å². The van der Waals surface area contributed by atoms with E-state index >= 15 is 0 Å². The molecule has 1 aromatic heterocycles. The number of hydrogen-bond acceptors (Lipinski definition) is 5. The largest absolute Gasteiger partial charge is 0.349 e. The Balaban J connectivity index is 1.59. The Morgan fingerprint density at radius 1 is 1.06 bits per heavy atom. The van der Waals surface area contributed by atoms with Crippen molar-refractivity contribution >= 4 is 46.8 Å². The summed E-state index contributed by atoms with van der Waals surface area (Å²) in [5.41, 5.74) is 1.36. The molecule has 0 saturated heterocycles. The lowest BCUT2D eigenvalue weighted by Crippen LogP contribution is -2.32. The van der Waals surface area contributed by atoms with E-state index in [1.807, 2.05) is 51.1 Å². The fourth-order valence-electron chi connectivity index (χ4n) is 3.14. The van der Waals surface area contributed by atoms with Crippen molar-refractivity contribution in [3.05, 3.63) is 75.5 Å². The zero-order valence-corrected chi connectivity index (χ0v) is 20.8. The maximum Gasteiger partial charge on any atom is 0.253 e. The fourth-order valence-corrected chi connectivity index (χ4v) is 4.25. The topological polar surface area (TPSA) is 99.8 Å². The van der Waals surface area contributed by atoms with Gasteiger partial charge in [-0.3, -0.25) is 14.7 Å². The molecule has 0 fully saturated rings. The first-order valence-electron chi connectivity index (χ1n) is 10.4. The van der Waals surface area contributed by atoms with E-state index in [4.69, 9.17) is 23.2 Å². The van der Waals surface area contributed by atoms with Gasteiger partial charge in [0.05, 0.1) is 28.4 Å². The number of carbonyl (C=O) groups excluding carboxylic acids is 2. The zero-order valence-electron chi connectivity index (χ0n) is 18.4. The maximum atomic E-state index is 12.7. The van der Waals surface area contributed by atoms with Crippen molar-refractivity contribution in [3.8, 4) is 0 Å². The molecule has 0 aliphatic rings. The number of halogens is 2. The summed E-state index contributed by atoms with van der Waals surface area (Å²) in [5.74, 6) is 0.252. The van der Waals surface area contributed by atoms with Gasteiger partial charge in [-0.1, -0.05) is 79.1 Å². The van der Waals surface area contributed by atoms with E-state index in [9.17, 15) is 9.59 Å². The van der Waals surface area contributed by atoms with Crippen molar-refractivity contribution in [3.63, 3.8) is 0 Å². The molecule has 0 unspecified atom stereocenters. The zero-order chi connectivity index (χ0) is 24.0. The van der Waals surface area contributed by atoms with Gasteiger partial charge >= 0.3 is 0 Å². The van der Waals surface area contributed by atoms with Gasteiger partial charge in [-0.25, -0.2) is 4.98 Å². The van der Waals surface area contributed by atoms with E-state index in [2.05, 4.69) is 25.8 Å². The van der Waals surface area contributed by atoms with Crippen molar-refractivity contribution in [1.29, 1.82) is 0 Å². The molecule has 3 N–H and O–H groups in total. The first-order chi connectivity index (χ1) is 15.7. The molecule has 0 spiro atoms. The lowest BCUT2D eigenvalue weighted by atomic mass is 10.0. The first-order valence-corrected chi connectivity index (χ1v) is 12.1. The van der Waals surface area contributed by atoms with Gasteiger partial charge < -0.3 is 10.6 Å². The minimum atomic E-state index is -0.418. The summed E-state index contributed by atoms with van der Waals surface area (Å²) in [6, 6.07) is 13.9. The van der Waals surface area contributed by atoms with Crippen molar-refractivity contribution in [2.24, 2.45) is 5.92 Å². The molecule has 1 heterocycles. The van der Waals surface area contributed by atoms with Crippen LogP contribution in [-0.4, -0.2) is 32.7 Å². The Bertz CT molecular complexity index is 1110. The quantitative estimate of drug-likeness (QED) is 0.346. The number of thioether (sulfide) groups is 1. The van der Waals surface area contributed by atoms with Crippen LogP contribution < -0.4 is 10.6 Å². The number of aromatic amines is 1. The molecule has 0 aliphatic carbocycles. The number of hydrogen-bond donors (Lipinski definition) is 3. The molecule has 0 saturated carbocycles. The predicted octanol–water partition coefficient (Wildman–Crippen LogP) is 5.21. The Morgan fingerprint density at radius 3 is 2.45 bits per heavy atom. The number of nitrogens with one attached hydrogen (secondary N) is 3. The van der Waals surface area contributed by atoms with Crippen LogP contribution in [0.3, 0.4) is 0 Å². The smallest absolute Gasteiger partial charge is 0.253 e. The second-order valence-corrected chi connectivity index (χ2v) is 9.60. The van der Waals surface area contributed by atoms with Crippen LogP contribution in [0.2, 0.25) is 10.0 Å². The van der Waals surface area contributed by atoms with Gasteiger partial charge in [0.1, 0.15) is 5.82 Å². The molecule has 0 aliphatic heterocycles. The van der Waals surface area contributed by atoms with Gasteiger partial charge in [-0.2, -0.15) is 0 Å². The number of amides is 2. The Labute approximate surface area is 207 Å². The van der Waals surface area contributed by atoms with Gasteiger partial charge in [0.15, 0.2) is 0 Å². The van der Waals surface area contributed by atoms with Crippen molar-refractivity contribution in [2.45, 2.75) is 38.0 Å². The third-order valence-corrected chi connectivity index (χ3v) is 6.31. The lowest BCUT2D eigenvalue weighted by molar-refractivity contribution is -0.119. The van der Waals surface area contributed by atoms with Crippen LogP contribution in [-0.2, 0) is 4.79 Å². The number of carbonyl (C=O) groups is 2. The van der Waals surface area contributed by atoms with E-state index in [0.29, 0.717) is 21.6 Å². The molecule has 33 heavy (non-hydrogen) atoms. The van der Waals surface area contributed by atoms with Crippen LogP contribution in [0, 0.1) is 5.92 Å². The molecule has 2 atom stereocenters. The van der Waals surface area contributed by atoms with Crippen LogP contribution in [0.4, 0.5) is 0 Å². The summed E-state index contributed by atoms with van der Waals surface area (Å²) in [7, 11) is 0. The number of rotatable bonds is 9. The van der Waals surface area contributed by atoms with E-state index in [0.717, 1.165) is 5.56 Å². The summed E-state index contributed by atoms with van der Waals surface area (Å²) in [4.78, 5) is 29.6. The highest BCUT2D eigenvalue weighted by Crippen LogP contribution is 2.25. The Kier molecular flexibility index (Phi) is 8.77. The SMILES string of the molecule is CC(C)[C@H](NC(=O)c1ccc(Cl)cc1Cl)c1nc(SCC(=O)N[C@@H](C)c2ccccc2)n[nH]1. The van der Waals surface area contributed by atoms with E-state index < -0.39 is 6.04 Å². The monoisotopic (exact) mass is 505 g/mol. The molecule has 3 aromatic rings. The summed E-state index contributed by atoms with van der Waals surface area (Å²) in [6.07, 6.45) is 0. The summed E-state index contributed by atoms with van der Waals surface area (Å²) >= 11 is 13.3. The second-order valence-electron chi connectivity index (χ2n) is 7.81. The van der Waals surface area contributed by atoms with Gasteiger partial charge in [-0.05, 0) is 36.6 Å². The van der Waals surface area contributed by atoms with Crippen LogP contribution in [0.15, 0.2) is 53.7 Å². The number of H-pyrrole nitrogens is 1. The number of aromatic nitrogens is 3. The van der Waals surface area contributed by atoms with E-state index in [1.54, 1.807) is 12.1 Å². The normalized spacial score (nSPS) is 12.9. The molecule has 2 aromatic carbocycles. The van der Waals surface area contributed by atoms with Gasteiger partial charge in [0.25, 0.3) is 5.91 Å². The van der Waals surface area contributed by atoms with Gasteiger partial charge in [0.2, 0.25) is 11.1 Å². The van der Waals surface area contributed by atoms with Crippen LogP contribution >= 0.6 is 35.0 Å². The second kappa shape index (κ2) is 11.5. The molecule has 2 amide bonds. The van der Waals surface area contributed by atoms with E-state index in [-0.39, 0.29) is 34.5 Å². The first kappa shape index (κ1) is 25.1.